The third-order valence-electron chi connectivity index (χ3n) is 3.85. The number of hydrogen-bond acceptors (Lipinski definition) is 5. The number of hydrogen-bond donors (Lipinski definition) is 0. The van der Waals surface area contributed by atoms with Gasteiger partial charge in [0.05, 0.1) is 6.04 Å². The third kappa shape index (κ3) is 2.52. The molecular formula is C15H21N3OS. The molecule has 1 atom stereocenters. The molecule has 20 heavy (non-hydrogen) atoms. The zero-order valence-corrected chi connectivity index (χ0v) is 13.3. The molecule has 0 aliphatic carbocycles. The van der Waals surface area contributed by atoms with Crippen LogP contribution in [-0.4, -0.2) is 21.6 Å². The van der Waals surface area contributed by atoms with Gasteiger partial charge in [0.15, 0.2) is 5.82 Å². The molecule has 0 N–H and O–H groups in total. The summed E-state index contributed by atoms with van der Waals surface area (Å²) in [5.74, 6) is 1.51. The Morgan fingerprint density at radius 1 is 1.40 bits per heavy atom. The molecule has 0 spiro atoms. The van der Waals surface area contributed by atoms with Crippen LogP contribution in [0.5, 0.6) is 0 Å². The quantitative estimate of drug-likeness (QED) is 0.848. The van der Waals surface area contributed by atoms with E-state index in [1.807, 2.05) is 11.3 Å². The first-order chi connectivity index (χ1) is 9.45. The largest absolute Gasteiger partial charge is 0.338 e. The molecule has 108 valence electrons. The summed E-state index contributed by atoms with van der Waals surface area (Å²) in [5.41, 5.74) is 1.38. The maximum Gasteiger partial charge on any atom is 0.243 e. The molecule has 1 unspecified atom stereocenters. The van der Waals surface area contributed by atoms with Crippen LogP contribution < -0.4 is 0 Å². The first-order valence-corrected chi connectivity index (χ1v) is 7.96. The molecule has 1 aliphatic rings. The average Bonchev–Trinajstić information content (AvgIpc) is 3.05. The first kappa shape index (κ1) is 13.8. The molecule has 3 rings (SSSR count). The summed E-state index contributed by atoms with van der Waals surface area (Å²) in [7, 11) is 0. The smallest absolute Gasteiger partial charge is 0.243 e. The van der Waals surface area contributed by atoms with Gasteiger partial charge in [0, 0.05) is 23.4 Å². The Hall–Kier alpha value is -1.20. The van der Waals surface area contributed by atoms with Crippen LogP contribution in [0.4, 0.5) is 0 Å². The highest BCUT2D eigenvalue weighted by molar-refractivity contribution is 7.10. The van der Waals surface area contributed by atoms with Gasteiger partial charge in [-0.05, 0) is 30.4 Å². The van der Waals surface area contributed by atoms with E-state index in [2.05, 4.69) is 54.2 Å². The lowest BCUT2D eigenvalue weighted by Crippen LogP contribution is -2.32. The predicted molar refractivity (Wildman–Crippen MR) is 79.8 cm³/mol. The van der Waals surface area contributed by atoms with E-state index in [-0.39, 0.29) is 11.5 Å². The van der Waals surface area contributed by atoms with Gasteiger partial charge in [-0.1, -0.05) is 25.9 Å². The van der Waals surface area contributed by atoms with Crippen molar-refractivity contribution in [3.05, 3.63) is 33.6 Å². The van der Waals surface area contributed by atoms with E-state index < -0.39 is 0 Å². The topological polar surface area (TPSA) is 42.2 Å². The van der Waals surface area contributed by atoms with Crippen LogP contribution in [0.1, 0.15) is 55.9 Å². The highest BCUT2D eigenvalue weighted by atomic mass is 32.1. The molecule has 3 heterocycles. The second kappa shape index (κ2) is 4.97. The zero-order valence-electron chi connectivity index (χ0n) is 12.5. The Morgan fingerprint density at radius 3 is 2.90 bits per heavy atom. The summed E-state index contributed by atoms with van der Waals surface area (Å²) in [4.78, 5) is 8.52. The van der Waals surface area contributed by atoms with Crippen molar-refractivity contribution in [2.24, 2.45) is 0 Å². The highest BCUT2D eigenvalue weighted by Gasteiger charge is 2.28. The van der Waals surface area contributed by atoms with Crippen molar-refractivity contribution >= 4 is 11.3 Å². The van der Waals surface area contributed by atoms with Crippen molar-refractivity contribution in [1.82, 2.24) is 15.0 Å². The van der Waals surface area contributed by atoms with Gasteiger partial charge < -0.3 is 4.52 Å². The number of aromatic nitrogens is 2. The molecular weight excluding hydrogens is 270 g/mol. The van der Waals surface area contributed by atoms with E-state index in [0.29, 0.717) is 0 Å². The van der Waals surface area contributed by atoms with E-state index in [4.69, 9.17) is 4.52 Å². The summed E-state index contributed by atoms with van der Waals surface area (Å²) < 4.78 is 5.48. The van der Waals surface area contributed by atoms with Gasteiger partial charge in [0.25, 0.3) is 0 Å². The Kier molecular flexibility index (Phi) is 3.42. The molecule has 0 saturated carbocycles. The SMILES string of the molecule is CC(c1nc(C(C)(C)C)no1)N1CCc2sccc2C1. The molecule has 0 radical (unpaired) electrons. The predicted octanol–water partition coefficient (Wildman–Crippen LogP) is 3.55. The molecule has 2 aromatic heterocycles. The van der Waals surface area contributed by atoms with Crippen LogP contribution in [-0.2, 0) is 18.4 Å². The van der Waals surface area contributed by atoms with Crippen LogP contribution in [0.15, 0.2) is 16.0 Å². The van der Waals surface area contributed by atoms with Crippen LogP contribution in [0.25, 0.3) is 0 Å². The second-order valence-corrected chi connectivity index (χ2v) is 7.47. The minimum Gasteiger partial charge on any atom is -0.338 e. The van der Waals surface area contributed by atoms with Gasteiger partial charge in [0.2, 0.25) is 5.89 Å². The lowest BCUT2D eigenvalue weighted by atomic mass is 9.96. The minimum atomic E-state index is -0.0656. The van der Waals surface area contributed by atoms with Crippen molar-refractivity contribution in [1.29, 1.82) is 0 Å². The van der Waals surface area contributed by atoms with Gasteiger partial charge >= 0.3 is 0 Å². The molecule has 0 amide bonds. The van der Waals surface area contributed by atoms with E-state index in [1.54, 1.807) is 0 Å². The van der Waals surface area contributed by atoms with Crippen LogP contribution in [0.2, 0.25) is 0 Å². The van der Waals surface area contributed by atoms with Crippen molar-refractivity contribution in [3.8, 4) is 0 Å². The van der Waals surface area contributed by atoms with Crippen molar-refractivity contribution in [2.75, 3.05) is 6.54 Å². The lowest BCUT2D eigenvalue weighted by molar-refractivity contribution is 0.159. The van der Waals surface area contributed by atoms with Gasteiger partial charge in [-0.25, -0.2) is 0 Å². The fraction of sp³-hybridized carbons (Fsp3) is 0.600. The third-order valence-corrected chi connectivity index (χ3v) is 4.88. The fourth-order valence-electron chi connectivity index (χ4n) is 2.47. The molecule has 4 nitrogen and oxygen atoms in total. The molecule has 0 aromatic carbocycles. The Bertz CT molecular complexity index is 596. The molecule has 1 aliphatic heterocycles. The van der Waals surface area contributed by atoms with E-state index in [1.165, 1.54) is 10.4 Å². The van der Waals surface area contributed by atoms with Gasteiger partial charge in [-0.3, -0.25) is 4.90 Å². The van der Waals surface area contributed by atoms with Crippen LogP contribution in [0, 0.1) is 0 Å². The number of fused-ring (bicyclic) bond motifs is 1. The van der Waals surface area contributed by atoms with E-state index in [0.717, 1.165) is 31.2 Å². The van der Waals surface area contributed by atoms with Gasteiger partial charge in [0.1, 0.15) is 0 Å². The Balaban J connectivity index is 1.77. The summed E-state index contributed by atoms with van der Waals surface area (Å²) in [5, 5.41) is 6.31. The summed E-state index contributed by atoms with van der Waals surface area (Å²) in [6.07, 6.45) is 1.12. The van der Waals surface area contributed by atoms with Crippen molar-refractivity contribution in [3.63, 3.8) is 0 Å². The first-order valence-electron chi connectivity index (χ1n) is 7.08. The average molecular weight is 291 g/mol. The van der Waals surface area contributed by atoms with Crippen LogP contribution >= 0.6 is 11.3 Å². The lowest BCUT2D eigenvalue weighted by Gasteiger charge is -2.30. The summed E-state index contributed by atoms with van der Waals surface area (Å²) >= 11 is 1.86. The van der Waals surface area contributed by atoms with Crippen molar-refractivity contribution < 1.29 is 4.52 Å². The van der Waals surface area contributed by atoms with Gasteiger partial charge in [-0.2, -0.15) is 4.98 Å². The van der Waals surface area contributed by atoms with Gasteiger partial charge in [-0.15, -0.1) is 11.3 Å². The Labute approximate surface area is 123 Å². The van der Waals surface area contributed by atoms with Crippen LogP contribution in [0.3, 0.4) is 0 Å². The summed E-state index contributed by atoms with van der Waals surface area (Å²) in [6, 6.07) is 2.40. The Morgan fingerprint density at radius 2 is 2.20 bits per heavy atom. The van der Waals surface area contributed by atoms with E-state index >= 15 is 0 Å². The molecule has 0 fully saturated rings. The molecule has 5 heteroatoms. The normalized spacial score (nSPS) is 18.0. The number of rotatable bonds is 2. The minimum absolute atomic E-state index is 0.0656. The standard InChI is InChI=1S/C15H21N3OS/c1-10(13-16-14(17-19-13)15(2,3)4)18-7-5-12-11(9-18)6-8-20-12/h6,8,10H,5,7,9H2,1-4H3. The fourth-order valence-corrected chi connectivity index (χ4v) is 3.36. The monoisotopic (exact) mass is 291 g/mol. The maximum absolute atomic E-state index is 5.48. The molecule has 0 bridgehead atoms. The maximum atomic E-state index is 5.48. The number of nitrogens with zero attached hydrogens (tertiary/aromatic N) is 3. The van der Waals surface area contributed by atoms with E-state index in [9.17, 15) is 0 Å². The second-order valence-electron chi connectivity index (χ2n) is 6.47. The molecule has 2 aromatic rings. The highest BCUT2D eigenvalue weighted by Crippen LogP contribution is 2.30. The summed E-state index contributed by atoms with van der Waals surface area (Å²) in [6.45, 7) is 10.5. The zero-order chi connectivity index (χ0) is 14.3. The van der Waals surface area contributed by atoms with Crippen molar-refractivity contribution in [2.45, 2.75) is 52.1 Å². The number of thiophene rings is 1. The molecule has 0 saturated heterocycles.